The Balaban J connectivity index is 1.40. The van der Waals surface area contributed by atoms with Crippen LogP contribution >= 0.6 is 0 Å². The van der Waals surface area contributed by atoms with Gasteiger partial charge in [-0.15, -0.1) is 0 Å². The van der Waals surface area contributed by atoms with Crippen LogP contribution in [0.3, 0.4) is 0 Å². The van der Waals surface area contributed by atoms with Gasteiger partial charge in [-0.1, -0.05) is 30.4 Å². The number of ether oxygens (including phenoxy) is 4. The van der Waals surface area contributed by atoms with E-state index in [1.54, 1.807) is 6.08 Å². The number of benzene rings is 2. The molecule has 5 N–H and O–H groups in total. The third kappa shape index (κ3) is 14.3. The van der Waals surface area contributed by atoms with Gasteiger partial charge >= 0.3 is 18.1 Å². The van der Waals surface area contributed by atoms with Crippen molar-refractivity contribution in [2.24, 2.45) is 11.8 Å². The van der Waals surface area contributed by atoms with Crippen LogP contribution in [-0.2, 0) is 20.5 Å². The van der Waals surface area contributed by atoms with Crippen molar-refractivity contribution in [3.8, 4) is 17.2 Å². The molecule has 3 rings (SSSR count). The van der Waals surface area contributed by atoms with E-state index in [9.17, 15) is 38.1 Å². The van der Waals surface area contributed by atoms with E-state index >= 15 is 0 Å². The van der Waals surface area contributed by atoms with E-state index in [4.69, 9.17) is 29.4 Å². The van der Waals surface area contributed by atoms with Crippen molar-refractivity contribution in [3.05, 3.63) is 77.9 Å². The second-order valence-electron chi connectivity index (χ2n) is 11.8. The molecular weight excluding hydrogens is 683 g/mol. The number of methoxy groups -OCH3 is 1. The van der Waals surface area contributed by atoms with Crippen LogP contribution in [0.15, 0.2) is 66.8 Å². The van der Waals surface area contributed by atoms with Gasteiger partial charge in [0, 0.05) is 18.8 Å². The second kappa shape index (κ2) is 20.7. The number of esters is 2. The first-order valence-corrected chi connectivity index (χ1v) is 16.3. The molecular formula is C35H44F3NO12. The monoisotopic (exact) mass is 727 g/mol. The Morgan fingerprint density at radius 3 is 2.49 bits per heavy atom. The van der Waals surface area contributed by atoms with E-state index < -0.39 is 53.3 Å². The number of unbranched alkanes of at least 4 members (excludes halogenated alkanes) is 2. The lowest BCUT2D eigenvalue weighted by Crippen LogP contribution is -2.21. The van der Waals surface area contributed by atoms with Crippen LogP contribution in [0.1, 0.15) is 60.9 Å². The molecule has 51 heavy (non-hydrogen) atoms. The van der Waals surface area contributed by atoms with Crippen LogP contribution in [0.4, 0.5) is 13.2 Å². The lowest BCUT2D eigenvalue weighted by Gasteiger charge is -2.19. The molecule has 2 aromatic rings. The van der Waals surface area contributed by atoms with Crippen LogP contribution in [0, 0.1) is 11.8 Å². The summed E-state index contributed by atoms with van der Waals surface area (Å²) in [5, 5.41) is 47.8. The Bertz CT molecular complexity index is 1450. The predicted octanol–water partition coefficient (Wildman–Crippen LogP) is 5.04. The van der Waals surface area contributed by atoms with Gasteiger partial charge in [-0.25, -0.2) is 4.79 Å². The molecule has 0 unspecified atom stereocenters. The number of aliphatic hydroxyl groups is 3. The SMILES string of the molecule is COc1cc(C(=O)OCCCCON(O)O)ccc1OC(=O)CCC/C=C\C[C@@H]1[C@@H](/C=C/[C@@H](O)COc2cccc(C(F)(F)F)c2)[C@H](O)C[C@@H]1O. The zero-order valence-corrected chi connectivity index (χ0v) is 28.0. The maximum atomic E-state index is 12.9. The van der Waals surface area contributed by atoms with Crippen molar-refractivity contribution < 1.29 is 72.3 Å². The molecule has 1 aliphatic rings. The molecule has 0 heterocycles. The van der Waals surface area contributed by atoms with Gasteiger partial charge in [0.1, 0.15) is 18.5 Å². The lowest BCUT2D eigenvalue weighted by molar-refractivity contribution is -0.492. The van der Waals surface area contributed by atoms with Crippen LogP contribution in [0.5, 0.6) is 17.2 Å². The van der Waals surface area contributed by atoms with E-state index in [0.29, 0.717) is 32.1 Å². The highest BCUT2D eigenvalue weighted by atomic mass is 19.4. The van der Waals surface area contributed by atoms with Crippen molar-refractivity contribution in [2.75, 3.05) is 26.9 Å². The Kier molecular flexibility index (Phi) is 16.8. The van der Waals surface area contributed by atoms with Crippen molar-refractivity contribution in [1.29, 1.82) is 0 Å². The third-order valence-electron chi connectivity index (χ3n) is 7.98. The summed E-state index contributed by atoms with van der Waals surface area (Å²) in [4.78, 5) is 29.2. The first kappa shape index (κ1) is 41.4. The molecule has 0 amide bonds. The second-order valence-corrected chi connectivity index (χ2v) is 11.8. The summed E-state index contributed by atoms with van der Waals surface area (Å²) in [7, 11) is 1.36. The van der Waals surface area contributed by atoms with Crippen LogP contribution < -0.4 is 14.2 Å². The van der Waals surface area contributed by atoms with Crippen LogP contribution in [-0.4, -0.2) is 88.3 Å². The predicted molar refractivity (Wildman–Crippen MR) is 173 cm³/mol. The average Bonchev–Trinajstić information content (AvgIpc) is 3.36. The highest BCUT2D eigenvalue weighted by Gasteiger charge is 2.39. The molecule has 282 valence electrons. The van der Waals surface area contributed by atoms with E-state index in [-0.39, 0.29) is 61.4 Å². The summed E-state index contributed by atoms with van der Waals surface area (Å²) in [5.41, 5.74) is -0.686. The number of alkyl halides is 3. The van der Waals surface area contributed by atoms with Crippen molar-refractivity contribution in [1.82, 2.24) is 5.39 Å². The molecule has 5 atom stereocenters. The number of hydrogen-bond donors (Lipinski definition) is 5. The summed E-state index contributed by atoms with van der Waals surface area (Å²) in [6.07, 6.45) is 1.82. The number of aliphatic hydroxyl groups excluding tert-OH is 3. The molecule has 1 aliphatic carbocycles. The average molecular weight is 728 g/mol. The molecule has 0 bridgehead atoms. The molecule has 1 saturated carbocycles. The van der Waals surface area contributed by atoms with Gasteiger partial charge in [-0.05, 0) is 74.4 Å². The number of nitrogens with zero attached hydrogens (tertiary/aromatic N) is 1. The molecule has 16 heteroatoms. The first-order chi connectivity index (χ1) is 24.3. The molecule has 0 saturated heterocycles. The van der Waals surface area contributed by atoms with E-state index in [2.05, 4.69) is 4.84 Å². The topological polar surface area (TPSA) is 185 Å². The Morgan fingerprint density at radius 2 is 1.76 bits per heavy atom. The molecule has 0 radical (unpaired) electrons. The maximum absolute atomic E-state index is 12.9. The van der Waals surface area contributed by atoms with Crippen LogP contribution in [0.25, 0.3) is 0 Å². The summed E-state index contributed by atoms with van der Waals surface area (Å²) in [6.45, 7) is -0.208. The van der Waals surface area contributed by atoms with Crippen molar-refractivity contribution in [3.63, 3.8) is 0 Å². The summed E-state index contributed by atoms with van der Waals surface area (Å²) in [6, 6.07) is 8.56. The zero-order valence-electron chi connectivity index (χ0n) is 28.0. The lowest BCUT2D eigenvalue weighted by atomic mass is 9.89. The fourth-order valence-electron chi connectivity index (χ4n) is 5.35. The number of halogens is 3. The number of hydrogen-bond acceptors (Lipinski definition) is 13. The quantitative estimate of drug-likeness (QED) is 0.0402. The van der Waals surface area contributed by atoms with Crippen LogP contribution in [0.2, 0.25) is 0 Å². The number of carbonyl (C=O) groups excluding carboxylic acids is 2. The highest BCUT2D eigenvalue weighted by Crippen LogP contribution is 2.37. The minimum Gasteiger partial charge on any atom is -0.493 e. The van der Waals surface area contributed by atoms with Gasteiger partial charge in [-0.3, -0.25) is 20.0 Å². The largest absolute Gasteiger partial charge is 0.493 e. The molecule has 0 spiro atoms. The Morgan fingerprint density at radius 1 is 1.00 bits per heavy atom. The van der Waals surface area contributed by atoms with Gasteiger partial charge in [0.25, 0.3) is 0 Å². The van der Waals surface area contributed by atoms with Gasteiger partial charge in [0.15, 0.2) is 11.5 Å². The number of rotatable bonds is 20. The van der Waals surface area contributed by atoms with Gasteiger partial charge < -0.3 is 34.3 Å². The molecule has 0 aromatic heterocycles. The highest BCUT2D eigenvalue weighted by molar-refractivity contribution is 5.90. The van der Waals surface area contributed by atoms with E-state index in [0.717, 1.165) is 12.1 Å². The van der Waals surface area contributed by atoms with Gasteiger partial charge in [0.05, 0.1) is 49.0 Å². The standard InChI is InChI=1S/C35H44F3NO12/c1-47-32-19-23(34(44)48-17-6-7-18-50-39(45)46)13-16-31(32)51-33(43)12-5-3-2-4-11-27-28(30(42)21-29(27)41)15-14-25(40)22-49-26-10-8-9-24(20-26)35(36,37)38/h2,4,8-10,13-16,19-20,25,27-30,40-42,45-46H,3,5-7,11-12,17-18,21-22H2,1H3/b4-2-,15-14+/t25-,27-,28-,29+,30-/m1/s1. The molecule has 13 nitrogen and oxygen atoms in total. The van der Waals surface area contributed by atoms with E-state index in [1.165, 1.54) is 43.5 Å². The fraction of sp³-hybridized carbons (Fsp3) is 0.486. The molecule has 2 aromatic carbocycles. The zero-order chi connectivity index (χ0) is 37.4. The first-order valence-electron chi connectivity index (χ1n) is 16.3. The van der Waals surface area contributed by atoms with Crippen molar-refractivity contribution in [2.45, 2.75) is 69.4 Å². The normalized spacial score (nSPS) is 19.9. The molecule has 0 aliphatic heterocycles. The van der Waals surface area contributed by atoms with Gasteiger partial charge in [-0.2, -0.15) is 13.2 Å². The third-order valence-corrected chi connectivity index (χ3v) is 7.98. The fourth-order valence-corrected chi connectivity index (χ4v) is 5.35. The summed E-state index contributed by atoms with van der Waals surface area (Å²) < 4.78 is 59.9. The Hall–Kier alpha value is -4.03. The molecule has 1 fully saturated rings. The van der Waals surface area contributed by atoms with E-state index in [1.807, 2.05) is 12.2 Å². The minimum atomic E-state index is -4.52. The van der Waals surface area contributed by atoms with Gasteiger partial charge in [0.2, 0.25) is 0 Å². The number of carbonyl (C=O) groups is 2. The summed E-state index contributed by atoms with van der Waals surface area (Å²) >= 11 is 0. The van der Waals surface area contributed by atoms with Crippen molar-refractivity contribution >= 4 is 11.9 Å². The summed E-state index contributed by atoms with van der Waals surface area (Å²) in [5.74, 6) is -1.71. The maximum Gasteiger partial charge on any atom is 0.416 e. The number of allylic oxidation sites excluding steroid dienone is 2. The smallest absolute Gasteiger partial charge is 0.416 e. The minimum absolute atomic E-state index is 0.0230. The Labute approximate surface area is 292 Å².